The first kappa shape index (κ1) is 16.2. The number of hydrogen-bond donors (Lipinski definition) is 1. The predicted molar refractivity (Wildman–Crippen MR) is 87.4 cm³/mol. The van der Waals surface area contributed by atoms with E-state index >= 15 is 0 Å². The molecule has 0 saturated carbocycles. The number of amides is 1. The molecule has 114 valence electrons. The van der Waals surface area contributed by atoms with Crippen LogP contribution in [-0.4, -0.2) is 32.8 Å². The highest BCUT2D eigenvalue weighted by Gasteiger charge is 2.28. The Morgan fingerprint density at radius 1 is 1.38 bits per heavy atom. The van der Waals surface area contributed by atoms with Gasteiger partial charge in [-0.25, -0.2) is 4.79 Å². The first-order chi connectivity index (χ1) is 9.76. The molecule has 1 aliphatic heterocycles. The fourth-order valence-electron chi connectivity index (χ4n) is 1.89. The van der Waals surface area contributed by atoms with Crippen molar-refractivity contribution in [2.24, 2.45) is 0 Å². The molecule has 1 saturated heterocycles. The van der Waals surface area contributed by atoms with Gasteiger partial charge >= 0.3 is 5.97 Å². The molecule has 1 aromatic rings. The fraction of sp³-hybridized carbons (Fsp3) is 0.467. The lowest BCUT2D eigenvalue weighted by Gasteiger charge is -2.21. The average molecular weight is 325 g/mol. The number of carbonyl (C=O) groups is 2. The van der Waals surface area contributed by atoms with Crippen LogP contribution in [0.2, 0.25) is 0 Å². The van der Waals surface area contributed by atoms with Gasteiger partial charge in [0.15, 0.2) is 0 Å². The number of nitrogens with zero attached hydrogens (tertiary/aromatic N) is 1. The summed E-state index contributed by atoms with van der Waals surface area (Å²) in [6, 6.07) is 7.14. The van der Waals surface area contributed by atoms with Crippen molar-refractivity contribution in [2.45, 2.75) is 37.6 Å². The van der Waals surface area contributed by atoms with Gasteiger partial charge in [0.2, 0.25) is 5.91 Å². The van der Waals surface area contributed by atoms with Gasteiger partial charge < -0.3 is 9.64 Å². The van der Waals surface area contributed by atoms with Crippen molar-refractivity contribution in [2.75, 3.05) is 5.75 Å². The smallest absolute Gasteiger partial charge is 0.338 e. The van der Waals surface area contributed by atoms with Crippen molar-refractivity contribution in [1.29, 1.82) is 0 Å². The van der Waals surface area contributed by atoms with Crippen LogP contribution in [0.5, 0.6) is 0 Å². The molecule has 0 spiro atoms. The summed E-state index contributed by atoms with van der Waals surface area (Å²) in [6.07, 6.45) is 0. The average Bonchev–Trinajstić information content (AvgIpc) is 2.69. The second-order valence-electron chi connectivity index (χ2n) is 5.86. The molecule has 0 aliphatic carbocycles. The molecular formula is C15H19NO3S2. The quantitative estimate of drug-likeness (QED) is 0.686. The number of benzene rings is 1. The van der Waals surface area contributed by atoms with Crippen LogP contribution in [-0.2, 0) is 16.1 Å². The third-order valence-electron chi connectivity index (χ3n) is 2.88. The molecule has 0 bridgehead atoms. The lowest BCUT2D eigenvalue weighted by atomic mass is 10.1. The summed E-state index contributed by atoms with van der Waals surface area (Å²) in [5.74, 6) is 0.231. The Morgan fingerprint density at radius 2 is 2.00 bits per heavy atom. The molecule has 0 N–H and O–H groups in total. The molecule has 21 heavy (non-hydrogen) atoms. The van der Waals surface area contributed by atoms with Crippen LogP contribution in [0.4, 0.5) is 0 Å². The second kappa shape index (κ2) is 6.32. The molecule has 6 heteroatoms. The highest BCUT2D eigenvalue weighted by molar-refractivity contribution is 8.11. The van der Waals surface area contributed by atoms with Crippen molar-refractivity contribution < 1.29 is 14.3 Å². The van der Waals surface area contributed by atoms with E-state index in [9.17, 15) is 9.59 Å². The van der Waals surface area contributed by atoms with Crippen LogP contribution in [0.15, 0.2) is 24.3 Å². The minimum atomic E-state index is -0.506. The molecule has 1 aromatic carbocycles. The largest absolute Gasteiger partial charge is 0.456 e. The summed E-state index contributed by atoms with van der Waals surface area (Å²) >= 11 is 5.88. The summed E-state index contributed by atoms with van der Waals surface area (Å²) in [6.45, 7) is 6.02. The summed E-state index contributed by atoms with van der Waals surface area (Å²) in [4.78, 5) is 25.3. The topological polar surface area (TPSA) is 46.6 Å². The normalized spacial score (nSPS) is 19.0. The molecule has 1 unspecified atom stereocenters. The third-order valence-corrected chi connectivity index (χ3v) is 4.58. The Hall–Kier alpha value is -1.14. The zero-order valence-electron chi connectivity index (χ0n) is 12.3. The Morgan fingerprint density at radius 3 is 2.48 bits per heavy atom. The van der Waals surface area contributed by atoms with Crippen molar-refractivity contribution in [3.05, 3.63) is 35.4 Å². The maximum absolute atomic E-state index is 11.9. The number of hydrogen-bond acceptors (Lipinski definition) is 5. The van der Waals surface area contributed by atoms with E-state index in [4.69, 9.17) is 4.74 Å². The maximum atomic E-state index is 11.9. The Kier molecular flexibility index (Phi) is 4.88. The molecule has 1 heterocycles. The first-order valence-electron chi connectivity index (χ1n) is 6.68. The van der Waals surface area contributed by atoms with Crippen molar-refractivity contribution in [1.82, 2.24) is 4.90 Å². The second-order valence-corrected chi connectivity index (χ2v) is 7.76. The van der Waals surface area contributed by atoms with E-state index in [1.54, 1.807) is 17.0 Å². The zero-order chi connectivity index (χ0) is 15.6. The number of carbonyl (C=O) groups excluding carboxylic acids is 2. The SMILES string of the molecule is CC(C)(C)OC(=O)c1ccc(CN2C(=O)CSC2S)cc1. The zero-order valence-corrected chi connectivity index (χ0v) is 14.0. The molecule has 1 fully saturated rings. The molecule has 2 rings (SSSR count). The van der Waals surface area contributed by atoms with Crippen LogP contribution in [0, 0.1) is 0 Å². The Bertz CT molecular complexity index is 537. The van der Waals surface area contributed by atoms with Gasteiger partial charge in [0.05, 0.1) is 11.3 Å². The highest BCUT2D eigenvalue weighted by Crippen LogP contribution is 2.29. The molecule has 4 nitrogen and oxygen atoms in total. The predicted octanol–water partition coefficient (Wildman–Crippen LogP) is 2.93. The Labute approximate surface area is 134 Å². The van der Waals surface area contributed by atoms with Gasteiger partial charge in [-0.1, -0.05) is 12.1 Å². The van der Waals surface area contributed by atoms with Crippen molar-refractivity contribution in [3.63, 3.8) is 0 Å². The van der Waals surface area contributed by atoms with E-state index in [1.165, 1.54) is 11.8 Å². The monoisotopic (exact) mass is 325 g/mol. The molecule has 1 aliphatic rings. The van der Waals surface area contributed by atoms with Crippen molar-refractivity contribution >= 4 is 36.3 Å². The Balaban J connectivity index is 2.02. The lowest BCUT2D eigenvalue weighted by molar-refractivity contribution is -0.127. The summed E-state index contributed by atoms with van der Waals surface area (Å²) in [7, 11) is 0. The van der Waals surface area contributed by atoms with E-state index in [0.717, 1.165) is 5.56 Å². The minimum Gasteiger partial charge on any atom is -0.456 e. The summed E-state index contributed by atoms with van der Waals surface area (Å²) < 4.78 is 5.22. The van der Waals surface area contributed by atoms with Gasteiger partial charge in [0, 0.05) is 6.54 Å². The van der Waals surface area contributed by atoms with Crippen LogP contribution in [0.25, 0.3) is 0 Å². The third kappa shape index (κ3) is 4.41. The molecule has 0 aromatic heterocycles. The van der Waals surface area contributed by atoms with Crippen LogP contribution in [0.3, 0.4) is 0 Å². The van der Waals surface area contributed by atoms with E-state index in [-0.39, 0.29) is 16.6 Å². The van der Waals surface area contributed by atoms with Gasteiger partial charge in [-0.2, -0.15) is 0 Å². The number of rotatable bonds is 3. The minimum absolute atomic E-state index is 0.0937. The van der Waals surface area contributed by atoms with Gasteiger partial charge in [-0.15, -0.1) is 24.4 Å². The van der Waals surface area contributed by atoms with E-state index in [0.29, 0.717) is 17.9 Å². The molecule has 0 radical (unpaired) electrons. The fourth-order valence-corrected chi connectivity index (χ4v) is 3.15. The van der Waals surface area contributed by atoms with E-state index < -0.39 is 5.60 Å². The number of esters is 1. The van der Waals surface area contributed by atoms with Gasteiger partial charge in [0.1, 0.15) is 10.3 Å². The summed E-state index contributed by atoms with van der Waals surface area (Å²) in [5, 5.41) is 0. The summed E-state index contributed by atoms with van der Waals surface area (Å²) in [5.41, 5.74) is 0.976. The number of thioether (sulfide) groups is 1. The van der Waals surface area contributed by atoms with E-state index in [1.807, 2.05) is 32.9 Å². The molecule has 1 amide bonds. The number of thiol groups is 1. The van der Waals surface area contributed by atoms with Crippen molar-refractivity contribution in [3.8, 4) is 0 Å². The molecular weight excluding hydrogens is 306 g/mol. The van der Waals surface area contributed by atoms with Gasteiger partial charge in [-0.05, 0) is 38.5 Å². The highest BCUT2D eigenvalue weighted by atomic mass is 32.2. The van der Waals surface area contributed by atoms with Gasteiger partial charge in [0.25, 0.3) is 0 Å². The molecule has 1 atom stereocenters. The van der Waals surface area contributed by atoms with E-state index in [2.05, 4.69) is 12.6 Å². The van der Waals surface area contributed by atoms with Crippen LogP contribution < -0.4 is 0 Å². The van der Waals surface area contributed by atoms with Crippen LogP contribution >= 0.6 is 24.4 Å². The standard InChI is InChI=1S/C15H19NO3S2/c1-15(2,3)19-13(18)11-6-4-10(5-7-11)8-16-12(17)9-21-14(16)20/h4-7,14,20H,8-9H2,1-3H3. The van der Waals surface area contributed by atoms with Crippen LogP contribution in [0.1, 0.15) is 36.7 Å². The maximum Gasteiger partial charge on any atom is 0.338 e. The first-order valence-corrected chi connectivity index (χ1v) is 8.24. The lowest BCUT2D eigenvalue weighted by Crippen LogP contribution is -2.29. The van der Waals surface area contributed by atoms with Gasteiger partial charge in [-0.3, -0.25) is 4.79 Å². The number of ether oxygens (including phenoxy) is 1.